The SMILES string of the molecule is C[Si](C)(C)OC1(CCBr)CC1. The van der Waals surface area contributed by atoms with Crippen molar-refractivity contribution in [1.29, 1.82) is 0 Å². The molecule has 1 rings (SSSR count). The van der Waals surface area contributed by atoms with Gasteiger partial charge in [-0.1, -0.05) is 15.9 Å². The van der Waals surface area contributed by atoms with Gasteiger partial charge >= 0.3 is 0 Å². The number of alkyl halides is 1. The summed E-state index contributed by atoms with van der Waals surface area (Å²) in [7, 11) is -1.29. The van der Waals surface area contributed by atoms with E-state index < -0.39 is 8.32 Å². The highest BCUT2D eigenvalue weighted by molar-refractivity contribution is 9.09. The minimum absolute atomic E-state index is 0.300. The quantitative estimate of drug-likeness (QED) is 0.539. The fourth-order valence-corrected chi connectivity index (χ4v) is 3.69. The van der Waals surface area contributed by atoms with Crippen molar-refractivity contribution in [3.8, 4) is 0 Å². The molecule has 0 aromatic rings. The van der Waals surface area contributed by atoms with Crippen LogP contribution in [-0.4, -0.2) is 19.2 Å². The van der Waals surface area contributed by atoms with Crippen molar-refractivity contribution in [3.63, 3.8) is 0 Å². The van der Waals surface area contributed by atoms with Crippen LogP contribution in [0.3, 0.4) is 0 Å². The predicted molar refractivity (Wildman–Crippen MR) is 54.8 cm³/mol. The standard InChI is InChI=1S/C8H17BrOSi/c1-11(2,3)10-8(4-5-8)6-7-9/h4-7H2,1-3H3. The third-order valence-corrected chi connectivity index (χ3v) is 3.32. The summed E-state index contributed by atoms with van der Waals surface area (Å²) in [4.78, 5) is 0. The maximum absolute atomic E-state index is 6.09. The summed E-state index contributed by atoms with van der Waals surface area (Å²) in [6, 6.07) is 0. The van der Waals surface area contributed by atoms with E-state index in [1.807, 2.05) is 0 Å². The molecule has 0 N–H and O–H groups in total. The molecule has 0 saturated heterocycles. The van der Waals surface area contributed by atoms with Crippen LogP contribution in [0.4, 0.5) is 0 Å². The first kappa shape index (κ1) is 9.74. The second-order valence-corrected chi connectivity index (χ2v) is 9.56. The van der Waals surface area contributed by atoms with Gasteiger partial charge in [0.15, 0.2) is 8.32 Å². The molecule has 1 fully saturated rings. The smallest absolute Gasteiger partial charge is 0.184 e. The van der Waals surface area contributed by atoms with Gasteiger partial charge in [0.1, 0.15) is 0 Å². The molecule has 0 aliphatic heterocycles. The van der Waals surface area contributed by atoms with Crippen LogP contribution in [0, 0.1) is 0 Å². The van der Waals surface area contributed by atoms with Crippen molar-refractivity contribution in [2.45, 2.75) is 44.5 Å². The number of hydrogen-bond acceptors (Lipinski definition) is 1. The Bertz CT molecular complexity index is 138. The summed E-state index contributed by atoms with van der Waals surface area (Å²) in [6.45, 7) is 6.80. The van der Waals surface area contributed by atoms with Gasteiger partial charge in [-0.3, -0.25) is 0 Å². The summed E-state index contributed by atoms with van der Waals surface area (Å²) in [5.74, 6) is 0. The Labute approximate surface area is 78.8 Å². The molecule has 0 aromatic carbocycles. The van der Waals surface area contributed by atoms with Crippen molar-refractivity contribution < 1.29 is 4.43 Å². The highest BCUT2D eigenvalue weighted by Crippen LogP contribution is 2.44. The molecule has 0 bridgehead atoms. The van der Waals surface area contributed by atoms with Gasteiger partial charge in [0, 0.05) is 5.33 Å². The molecule has 3 heteroatoms. The monoisotopic (exact) mass is 236 g/mol. The molecule has 66 valence electrons. The van der Waals surface area contributed by atoms with Gasteiger partial charge in [-0.2, -0.15) is 0 Å². The molecule has 1 aliphatic rings. The second kappa shape index (κ2) is 3.19. The van der Waals surface area contributed by atoms with Gasteiger partial charge in [0.05, 0.1) is 5.60 Å². The average Bonchev–Trinajstić information content (AvgIpc) is 2.44. The van der Waals surface area contributed by atoms with Crippen LogP contribution in [0.15, 0.2) is 0 Å². The lowest BCUT2D eigenvalue weighted by Crippen LogP contribution is -2.33. The molecular formula is C8H17BrOSi. The Hall–Kier alpha value is 0.657. The van der Waals surface area contributed by atoms with E-state index in [2.05, 4.69) is 35.6 Å². The first-order chi connectivity index (χ1) is 4.97. The van der Waals surface area contributed by atoms with Crippen LogP contribution in [0.5, 0.6) is 0 Å². The normalized spacial score (nSPS) is 21.8. The van der Waals surface area contributed by atoms with E-state index in [4.69, 9.17) is 4.43 Å². The molecule has 0 amide bonds. The average molecular weight is 237 g/mol. The van der Waals surface area contributed by atoms with Gasteiger partial charge in [-0.05, 0) is 38.9 Å². The zero-order valence-electron chi connectivity index (χ0n) is 7.61. The number of rotatable bonds is 4. The van der Waals surface area contributed by atoms with Gasteiger partial charge in [-0.25, -0.2) is 0 Å². The fourth-order valence-electron chi connectivity index (χ4n) is 1.36. The predicted octanol–water partition coefficient (Wildman–Crippen LogP) is 3.16. The zero-order valence-corrected chi connectivity index (χ0v) is 10.2. The summed E-state index contributed by atoms with van der Waals surface area (Å²) < 4.78 is 6.09. The highest BCUT2D eigenvalue weighted by Gasteiger charge is 2.45. The lowest BCUT2D eigenvalue weighted by Gasteiger charge is -2.25. The summed E-state index contributed by atoms with van der Waals surface area (Å²) in [5.41, 5.74) is 0.300. The van der Waals surface area contributed by atoms with E-state index in [1.165, 1.54) is 19.3 Å². The van der Waals surface area contributed by atoms with E-state index in [-0.39, 0.29) is 0 Å². The molecule has 0 unspecified atom stereocenters. The Morgan fingerprint density at radius 2 is 1.91 bits per heavy atom. The van der Waals surface area contributed by atoms with Crippen LogP contribution in [-0.2, 0) is 4.43 Å². The third-order valence-electron chi connectivity index (χ3n) is 1.88. The van der Waals surface area contributed by atoms with Crippen LogP contribution in [0.25, 0.3) is 0 Å². The van der Waals surface area contributed by atoms with Crippen molar-refractivity contribution in [3.05, 3.63) is 0 Å². The van der Waals surface area contributed by atoms with Gasteiger partial charge in [0.25, 0.3) is 0 Å². The maximum Gasteiger partial charge on any atom is 0.184 e. The maximum atomic E-state index is 6.09. The van der Waals surface area contributed by atoms with Crippen LogP contribution >= 0.6 is 15.9 Å². The van der Waals surface area contributed by atoms with Crippen LogP contribution in [0.2, 0.25) is 19.6 Å². The van der Waals surface area contributed by atoms with Crippen LogP contribution in [0.1, 0.15) is 19.3 Å². The van der Waals surface area contributed by atoms with E-state index in [0.29, 0.717) is 5.60 Å². The minimum atomic E-state index is -1.29. The molecule has 1 saturated carbocycles. The summed E-state index contributed by atoms with van der Waals surface area (Å²) in [5, 5.41) is 1.08. The first-order valence-corrected chi connectivity index (χ1v) is 8.77. The molecule has 0 aromatic heterocycles. The minimum Gasteiger partial charge on any atom is -0.412 e. The van der Waals surface area contributed by atoms with E-state index >= 15 is 0 Å². The van der Waals surface area contributed by atoms with Gasteiger partial charge in [0.2, 0.25) is 0 Å². The van der Waals surface area contributed by atoms with Gasteiger partial charge < -0.3 is 4.43 Å². The largest absolute Gasteiger partial charge is 0.412 e. The van der Waals surface area contributed by atoms with Crippen molar-refractivity contribution in [2.24, 2.45) is 0 Å². The van der Waals surface area contributed by atoms with Crippen molar-refractivity contribution in [1.82, 2.24) is 0 Å². The van der Waals surface area contributed by atoms with E-state index in [0.717, 1.165) is 5.33 Å². The molecule has 1 nitrogen and oxygen atoms in total. The van der Waals surface area contributed by atoms with E-state index in [1.54, 1.807) is 0 Å². The lowest BCUT2D eigenvalue weighted by atomic mass is 10.3. The Balaban J connectivity index is 2.35. The summed E-state index contributed by atoms with van der Waals surface area (Å²) in [6.07, 6.45) is 3.75. The van der Waals surface area contributed by atoms with E-state index in [9.17, 15) is 0 Å². The number of halogens is 1. The molecule has 0 spiro atoms. The third kappa shape index (κ3) is 3.26. The Morgan fingerprint density at radius 3 is 2.18 bits per heavy atom. The molecule has 11 heavy (non-hydrogen) atoms. The fraction of sp³-hybridized carbons (Fsp3) is 1.00. The summed E-state index contributed by atoms with van der Waals surface area (Å²) >= 11 is 3.47. The van der Waals surface area contributed by atoms with Gasteiger partial charge in [-0.15, -0.1) is 0 Å². The Morgan fingerprint density at radius 1 is 1.36 bits per heavy atom. The molecule has 0 atom stereocenters. The topological polar surface area (TPSA) is 9.23 Å². The van der Waals surface area contributed by atoms with Crippen molar-refractivity contribution >= 4 is 24.2 Å². The Kier molecular flexibility index (Phi) is 2.82. The molecule has 0 radical (unpaired) electrons. The first-order valence-electron chi connectivity index (χ1n) is 4.24. The van der Waals surface area contributed by atoms with Crippen LogP contribution < -0.4 is 0 Å². The lowest BCUT2D eigenvalue weighted by molar-refractivity contribution is 0.168. The number of hydrogen-bond donors (Lipinski definition) is 0. The molecule has 0 heterocycles. The molecular weight excluding hydrogens is 220 g/mol. The van der Waals surface area contributed by atoms with Crippen molar-refractivity contribution in [2.75, 3.05) is 5.33 Å². The zero-order chi connectivity index (χ0) is 8.54. The molecule has 1 aliphatic carbocycles. The highest BCUT2D eigenvalue weighted by atomic mass is 79.9. The second-order valence-electron chi connectivity index (χ2n) is 4.34.